The number of likely N-dealkylation sites (tertiary alicyclic amines) is 1. The van der Waals surface area contributed by atoms with Crippen LogP contribution in [0.3, 0.4) is 0 Å². The average molecular weight is 328 g/mol. The molecule has 2 amide bonds. The number of carbonyl (C=O) groups excluding carboxylic acids is 2. The Morgan fingerprint density at radius 1 is 1.33 bits per heavy atom. The maximum atomic E-state index is 12.5. The van der Waals surface area contributed by atoms with E-state index in [0.29, 0.717) is 17.9 Å². The fourth-order valence-electron chi connectivity index (χ4n) is 2.97. The molecule has 0 spiro atoms. The van der Waals surface area contributed by atoms with Crippen LogP contribution in [0.4, 0.5) is 0 Å². The van der Waals surface area contributed by atoms with Crippen molar-refractivity contribution >= 4 is 11.8 Å². The van der Waals surface area contributed by atoms with Gasteiger partial charge in [-0.25, -0.2) is 0 Å². The molecule has 126 valence electrons. The fraction of sp³-hybridized carbons (Fsp3) is 0.333. The maximum Gasteiger partial charge on any atom is 0.251 e. The topological polar surface area (TPSA) is 71.8 Å². The molecule has 0 bridgehead atoms. The van der Waals surface area contributed by atoms with Crippen LogP contribution in [-0.2, 0) is 4.79 Å². The van der Waals surface area contributed by atoms with Gasteiger partial charge in [-0.3, -0.25) is 9.59 Å². The summed E-state index contributed by atoms with van der Waals surface area (Å²) in [6.45, 7) is 0.645. The Morgan fingerprint density at radius 2 is 2.21 bits per heavy atom. The van der Waals surface area contributed by atoms with Gasteiger partial charge < -0.3 is 19.4 Å². The summed E-state index contributed by atoms with van der Waals surface area (Å²) in [7, 11) is 1.54. The van der Waals surface area contributed by atoms with Crippen LogP contribution in [0.2, 0.25) is 0 Å². The summed E-state index contributed by atoms with van der Waals surface area (Å²) in [5.41, 5.74) is 0.464. The standard InChI is InChI=1S/C18H20N2O4/c1-23-14-6-2-5-13(11-14)18(22)19-12-17(21)20-9-3-7-15(20)16-8-4-10-24-16/h2,4-6,8,10-11,15H,3,7,9,12H2,1H3,(H,19,22). The largest absolute Gasteiger partial charge is 0.497 e. The first-order valence-corrected chi connectivity index (χ1v) is 7.94. The molecule has 0 aliphatic carbocycles. The molecule has 2 heterocycles. The Labute approximate surface area is 140 Å². The summed E-state index contributed by atoms with van der Waals surface area (Å²) in [5.74, 6) is 0.993. The average Bonchev–Trinajstić information content (AvgIpc) is 3.30. The Balaban J connectivity index is 1.59. The second kappa shape index (κ2) is 7.21. The van der Waals surface area contributed by atoms with Crippen LogP contribution in [0.1, 0.15) is 35.0 Å². The molecule has 1 N–H and O–H groups in total. The van der Waals surface area contributed by atoms with Crippen molar-refractivity contribution in [2.24, 2.45) is 0 Å². The van der Waals surface area contributed by atoms with E-state index in [4.69, 9.17) is 9.15 Å². The third-order valence-electron chi connectivity index (χ3n) is 4.18. The number of amides is 2. The molecule has 0 radical (unpaired) electrons. The van der Waals surface area contributed by atoms with Crippen LogP contribution in [-0.4, -0.2) is 36.9 Å². The smallest absolute Gasteiger partial charge is 0.251 e. The highest BCUT2D eigenvalue weighted by Crippen LogP contribution is 2.31. The molecule has 6 nitrogen and oxygen atoms in total. The lowest BCUT2D eigenvalue weighted by Crippen LogP contribution is -2.39. The van der Waals surface area contributed by atoms with Crippen molar-refractivity contribution in [1.82, 2.24) is 10.2 Å². The molecule has 1 saturated heterocycles. The number of nitrogens with one attached hydrogen (secondary N) is 1. The second-order valence-corrected chi connectivity index (χ2v) is 5.68. The lowest BCUT2D eigenvalue weighted by atomic mass is 10.1. The molecule has 1 aromatic carbocycles. The number of nitrogens with zero attached hydrogens (tertiary/aromatic N) is 1. The monoisotopic (exact) mass is 328 g/mol. The predicted molar refractivity (Wildman–Crippen MR) is 87.7 cm³/mol. The zero-order valence-corrected chi connectivity index (χ0v) is 13.5. The molecule has 6 heteroatoms. The van der Waals surface area contributed by atoms with E-state index in [1.54, 1.807) is 42.5 Å². The molecular formula is C18H20N2O4. The lowest BCUT2D eigenvalue weighted by Gasteiger charge is -2.23. The highest BCUT2D eigenvalue weighted by Gasteiger charge is 2.31. The Hall–Kier alpha value is -2.76. The summed E-state index contributed by atoms with van der Waals surface area (Å²) in [6, 6.07) is 10.5. The van der Waals surface area contributed by atoms with Gasteiger partial charge in [0.15, 0.2) is 0 Å². The molecule has 0 saturated carbocycles. The van der Waals surface area contributed by atoms with Crippen LogP contribution in [0, 0.1) is 0 Å². The first kappa shape index (κ1) is 16.1. The Kier molecular flexibility index (Phi) is 4.84. The molecule has 1 atom stereocenters. The normalized spacial score (nSPS) is 16.9. The molecule has 1 aliphatic rings. The molecular weight excluding hydrogens is 308 g/mol. The van der Waals surface area contributed by atoms with Gasteiger partial charge in [-0.2, -0.15) is 0 Å². The van der Waals surface area contributed by atoms with Crippen LogP contribution < -0.4 is 10.1 Å². The Morgan fingerprint density at radius 3 is 2.96 bits per heavy atom. The highest BCUT2D eigenvalue weighted by atomic mass is 16.5. The van der Waals surface area contributed by atoms with Gasteiger partial charge in [-0.15, -0.1) is 0 Å². The van der Waals surface area contributed by atoms with Crippen molar-refractivity contribution in [2.45, 2.75) is 18.9 Å². The Bertz CT molecular complexity index is 712. The van der Waals surface area contributed by atoms with E-state index < -0.39 is 0 Å². The summed E-state index contributed by atoms with van der Waals surface area (Å²) in [4.78, 5) is 26.4. The summed E-state index contributed by atoms with van der Waals surface area (Å²) >= 11 is 0. The molecule has 3 rings (SSSR count). The van der Waals surface area contributed by atoms with Crippen molar-refractivity contribution < 1.29 is 18.7 Å². The summed E-state index contributed by atoms with van der Waals surface area (Å²) in [6.07, 6.45) is 3.42. The fourth-order valence-corrected chi connectivity index (χ4v) is 2.97. The van der Waals surface area contributed by atoms with Crippen LogP contribution in [0.25, 0.3) is 0 Å². The van der Waals surface area contributed by atoms with Gasteiger partial charge in [0.05, 0.1) is 26.0 Å². The van der Waals surface area contributed by atoms with E-state index in [1.807, 2.05) is 12.1 Å². The van der Waals surface area contributed by atoms with E-state index in [0.717, 1.165) is 18.6 Å². The van der Waals surface area contributed by atoms with E-state index in [-0.39, 0.29) is 24.4 Å². The molecule has 1 aromatic heterocycles. The van der Waals surface area contributed by atoms with Crippen molar-refractivity contribution in [1.29, 1.82) is 0 Å². The zero-order chi connectivity index (χ0) is 16.9. The minimum absolute atomic E-state index is 0.0345. The highest BCUT2D eigenvalue weighted by molar-refractivity contribution is 5.96. The van der Waals surface area contributed by atoms with Gasteiger partial charge in [-0.1, -0.05) is 6.07 Å². The third kappa shape index (κ3) is 3.42. The van der Waals surface area contributed by atoms with E-state index in [1.165, 1.54) is 0 Å². The third-order valence-corrected chi connectivity index (χ3v) is 4.18. The van der Waals surface area contributed by atoms with Crippen molar-refractivity contribution in [2.75, 3.05) is 20.2 Å². The molecule has 2 aromatic rings. The first-order valence-electron chi connectivity index (χ1n) is 7.94. The van der Waals surface area contributed by atoms with Gasteiger partial charge >= 0.3 is 0 Å². The molecule has 1 unspecified atom stereocenters. The van der Waals surface area contributed by atoms with Crippen molar-refractivity contribution in [3.05, 3.63) is 54.0 Å². The van der Waals surface area contributed by atoms with Crippen LogP contribution in [0.5, 0.6) is 5.75 Å². The number of carbonyl (C=O) groups is 2. The van der Waals surface area contributed by atoms with Crippen LogP contribution in [0.15, 0.2) is 47.1 Å². The number of benzene rings is 1. The van der Waals surface area contributed by atoms with Gasteiger partial charge in [-0.05, 0) is 43.2 Å². The number of furan rings is 1. The number of methoxy groups -OCH3 is 1. The summed E-state index contributed by atoms with van der Waals surface area (Å²) < 4.78 is 10.5. The predicted octanol–water partition coefficient (Wildman–Crippen LogP) is 2.38. The number of hydrogen-bond acceptors (Lipinski definition) is 4. The SMILES string of the molecule is COc1cccc(C(=O)NCC(=O)N2CCCC2c2ccco2)c1. The van der Waals surface area contributed by atoms with E-state index >= 15 is 0 Å². The van der Waals surface area contributed by atoms with Gasteiger partial charge in [0.2, 0.25) is 5.91 Å². The molecule has 24 heavy (non-hydrogen) atoms. The number of hydrogen-bond donors (Lipinski definition) is 1. The zero-order valence-electron chi connectivity index (χ0n) is 13.5. The number of rotatable bonds is 5. The minimum atomic E-state index is -0.295. The van der Waals surface area contributed by atoms with E-state index in [9.17, 15) is 9.59 Å². The van der Waals surface area contributed by atoms with Gasteiger partial charge in [0, 0.05) is 12.1 Å². The lowest BCUT2D eigenvalue weighted by molar-refractivity contribution is -0.131. The maximum absolute atomic E-state index is 12.5. The van der Waals surface area contributed by atoms with Crippen LogP contribution >= 0.6 is 0 Å². The van der Waals surface area contributed by atoms with E-state index in [2.05, 4.69) is 5.32 Å². The number of ether oxygens (including phenoxy) is 1. The van der Waals surface area contributed by atoms with Gasteiger partial charge in [0.25, 0.3) is 5.91 Å². The molecule has 1 fully saturated rings. The van der Waals surface area contributed by atoms with Crippen molar-refractivity contribution in [3.8, 4) is 5.75 Å². The van der Waals surface area contributed by atoms with Gasteiger partial charge in [0.1, 0.15) is 11.5 Å². The first-order chi connectivity index (χ1) is 11.7. The molecule has 1 aliphatic heterocycles. The summed E-state index contributed by atoms with van der Waals surface area (Å²) in [5, 5.41) is 2.68. The second-order valence-electron chi connectivity index (χ2n) is 5.68. The van der Waals surface area contributed by atoms with Crippen molar-refractivity contribution in [3.63, 3.8) is 0 Å². The minimum Gasteiger partial charge on any atom is -0.497 e. The quantitative estimate of drug-likeness (QED) is 0.915.